The van der Waals surface area contributed by atoms with Crippen molar-refractivity contribution in [2.75, 3.05) is 11.0 Å². The Bertz CT molecular complexity index is 499. The molecule has 0 atom stereocenters. The highest BCUT2D eigenvalue weighted by atomic mass is 35.5. The van der Waals surface area contributed by atoms with Crippen LogP contribution in [-0.4, -0.2) is 25.8 Å². The zero-order valence-electron chi connectivity index (χ0n) is 8.60. The second-order valence-corrected chi connectivity index (χ2v) is 5.81. The Balaban J connectivity index is 2.20. The molecular formula is C9H11ClN2O3S. The fourth-order valence-electron chi connectivity index (χ4n) is 1.15. The molecule has 1 aromatic heterocycles. The highest BCUT2D eigenvalue weighted by Gasteiger charge is 2.25. The highest BCUT2D eigenvalue weighted by Crippen LogP contribution is 2.32. The maximum absolute atomic E-state index is 11.0. The lowest BCUT2D eigenvalue weighted by atomic mass is 10.4. The zero-order chi connectivity index (χ0) is 11.8. The lowest BCUT2D eigenvalue weighted by Gasteiger charge is -2.08. The Kier molecular flexibility index (Phi) is 2.94. The summed E-state index contributed by atoms with van der Waals surface area (Å²) in [6.07, 6.45) is 4.61. The van der Waals surface area contributed by atoms with Crippen LogP contribution in [0.2, 0.25) is 5.15 Å². The van der Waals surface area contributed by atoms with Crippen LogP contribution in [0.1, 0.15) is 12.8 Å². The molecule has 1 fully saturated rings. The van der Waals surface area contributed by atoms with Gasteiger partial charge in [-0.15, -0.1) is 0 Å². The molecule has 0 saturated heterocycles. The van der Waals surface area contributed by atoms with Crippen molar-refractivity contribution < 1.29 is 13.2 Å². The Hall–Kier alpha value is -1.01. The molecule has 0 unspecified atom stereocenters. The van der Waals surface area contributed by atoms with E-state index in [2.05, 4.69) is 9.71 Å². The van der Waals surface area contributed by atoms with Crippen molar-refractivity contribution in [1.29, 1.82) is 0 Å². The van der Waals surface area contributed by atoms with E-state index in [1.165, 1.54) is 12.3 Å². The van der Waals surface area contributed by atoms with Gasteiger partial charge in [-0.25, -0.2) is 13.4 Å². The number of halogens is 1. The van der Waals surface area contributed by atoms with E-state index < -0.39 is 10.0 Å². The van der Waals surface area contributed by atoms with Crippen LogP contribution in [0.5, 0.6) is 5.75 Å². The van der Waals surface area contributed by atoms with Crippen molar-refractivity contribution in [2.24, 2.45) is 0 Å². The molecule has 5 nitrogen and oxygen atoms in total. The van der Waals surface area contributed by atoms with E-state index in [4.69, 9.17) is 16.3 Å². The lowest BCUT2D eigenvalue weighted by molar-refractivity contribution is 0.302. The summed E-state index contributed by atoms with van der Waals surface area (Å²) in [6.45, 7) is 0. The summed E-state index contributed by atoms with van der Waals surface area (Å²) in [6, 6.07) is 1.54. The maximum Gasteiger partial charge on any atom is 0.229 e. The van der Waals surface area contributed by atoms with Gasteiger partial charge in [0.15, 0.2) is 10.9 Å². The summed E-state index contributed by atoms with van der Waals surface area (Å²) >= 11 is 5.83. The topological polar surface area (TPSA) is 68.3 Å². The van der Waals surface area contributed by atoms with Gasteiger partial charge in [0.2, 0.25) is 10.0 Å². The second kappa shape index (κ2) is 4.10. The smallest absolute Gasteiger partial charge is 0.229 e. The molecular weight excluding hydrogens is 252 g/mol. The third-order valence-electron chi connectivity index (χ3n) is 1.93. The summed E-state index contributed by atoms with van der Waals surface area (Å²) in [5.74, 6) is 0.415. The molecule has 88 valence electrons. The summed E-state index contributed by atoms with van der Waals surface area (Å²) in [4.78, 5) is 3.86. The molecule has 1 heterocycles. The number of hydrogen-bond donors (Lipinski definition) is 1. The van der Waals surface area contributed by atoms with Crippen LogP contribution < -0.4 is 9.46 Å². The minimum Gasteiger partial charge on any atom is -0.487 e. The fraction of sp³-hybridized carbons (Fsp3) is 0.444. The number of pyridine rings is 1. The first-order valence-electron chi connectivity index (χ1n) is 4.74. The van der Waals surface area contributed by atoms with Crippen LogP contribution in [0.15, 0.2) is 12.3 Å². The van der Waals surface area contributed by atoms with Crippen molar-refractivity contribution in [3.05, 3.63) is 17.4 Å². The first-order chi connectivity index (χ1) is 7.44. The highest BCUT2D eigenvalue weighted by molar-refractivity contribution is 7.92. The monoisotopic (exact) mass is 262 g/mol. The van der Waals surface area contributed by atoms with Crippen molar-refractivity contribution in [3.8, 4) is 5.75 Å². The predicted molar refractivity (Wildman–Crippen MR) is 61.4 cm³/mol. The van der Waals surface area contributed by atoms with Crippen molar-refractivity contribution in [1.82, 2.24) is 4.98 Å². The molecule has 1 aliphatic rings. The average molecular weight is 263 g/mol. The fourth-order valence-corrected chi connectivity index (χ4v) is 1.83. The summed E-state index contributed by atoms with van der Waals surface area (Å²) in [7, 11) is -3.31. The molecule has 1 saturated carbocycles. The second-order valence-electron chi connectivity index (χ2n) is 3.70. The first kappa shape index (κ1) is 11.5. The Morgan fingerprint density at radius 2 is 2.25 bits per heavy atom. The number of sulfonamides is 1. The minimum atomic E-state index is -3.31. The lowest BCUT2D eigenvalue weighted by Crippen LogP contribution is -2.10. The van der Waals surface area contributed by atoms with Gasteiger partial charge in [0.05, 0.1) is 24.2 Å². The molecule has 0 amide bonds. The molecule has 2 rings (SSSR count). The van der Waals surface area contributed by atoms with Crippen LogP contribution in [0.25, 0.3) is 0 Å². The predicted octanol–water partition coefficient (Wildman–Crippen LogP) is 1.65. The van der Waals surface area contributed by atoms with E-state index in [0.717, 1.165) is 19.1 Å². The number of anilines is 1. The number of aromatic nitrogens is 1. The third-order valence-corrected chi connectivity index (χ3v) is 2.82. The number of nitrogens with zero attached hydrogens (tertiary/aromatic N) is 1. The molecule has 0 radical (unpaired) electrons. The third kappa shape index (κ3) is 3.24. The zero-order valence-corrected chi connectivity index (χ0v) is 10.2. The van der Waals surface area contributed by atoms with Crippen LogP contribution >= 0.6 is 11.6 Å². The van der Waals surface area contributed by atoms with Crippen molar-refractivity contribution in [3.63, 3.8) is 0 Å². The molecule has 0 spiro atoms. The molecule has 0 aliphatic heterocycles. The van der Waals surface area contributed by atoms with Gasteiger partial charge in [0, 0.05) is 6.07 Å². The Morgan fingerprint density at radius 1 is 1.56 bits per heavy atom. The van der Waals surface area contributed by atoms with E-state index in [9.17, 15) is 8.42 Å². The summed E-state index contributed by atoms with van der Waals surface area (Å²) in [5.41, 5.74) is 0.350. The molecule has 0 aromatic carbocycles. The van der Waals surface area contributed by atoms with E-state index in [1.54, 1.807) is 0 Å². The van der Waals surface area contributed by atoms with Gasteiger partial charge in [-0.05, 0) is 12.8 Å². The number of nitrogens with one attached hydrogen (secondary N) is 1. The molecule has 7 heteroatoms. The van der Waals surface area contributed by atoms with Gasteiger partial charge in [0.1, 0.15) is 0 Å². The molecule has 0 bridgehead atoms. The van der Waals surface area contributed by atoms with E-state index in [1.807, 2.05) is 0 Å². The average Bonchev–Trinajstić information content (AvgIpc) is 2.92. The van der Waals surface area contributed by atoms with Gasteiger partial charge in [0.25, 0.3) is 0 Å². The van der Waals surface area contributed by atoms with Gasteiger partial charge < -0.3 is 4.74 Å². The largest absolute Gasteiger partial charge is 0.487 e. The molecule has 1 N–H and O–H groups in total. The van der Waals surface area contributed by atoms with E-state index in [0.29, 0.717) is 11.4 Å². The molecule has 1 aliphatic carbocycles. The van der Waals surface area contributed by atoms with Gasteiger partial charge in [-0.2, -0.15) is 0 Å². The normalized spacial score (nSPS) is 15.9. The number of ether oxygens (including phenoxy) is 1. The van der Waals surface area contributed by atoms with E-state index in [-0.39, 0.29) is 11.3 Å². The van der Waals surface area contributed by atoms with Crippen molar-refractivity contribution in [2.45, 2.75) is 18.9 Å². The van der Waals surface area contributed by atoms with Crippen LogP contribution in [0.4, 0.5) is 5.69 Å². The van der Waals surface area contributed by atoms with E-state index >= 15 is 0 Å². The molecule has 16 heavy (non-hydrogen) atoms. The standard InChI is InChI=1S/C9H11ClN2O3S/c1-16(13,14)12-6-4-8(9(10)11-5-6)15-7-2-3-7/h4-5,7,12H,2-3H2,1H3. The minimum absolute atomic E-state index is 0.188. The van der Waals surface area contributed by atoms with Gasteiger partial charge >= 0.3 is 0 Å². The first-order valence-corrected chi connectivity index (χ1v) is 7.01. The maximum atomic E-state index is 11.0. The Labute approximate surface area is 98.8 Å². The Morgan fingerprint density at radius 3 is 2.81 bits per heavy atom. The van der Waals surface area contributed by atoms with Crippen LogP contribution in [-0.2, 0) is 10.0 Å². The SMILES string of the molecule is CS(=O)(=O)Nc1cnc(Cl)c(OC2CC2)c1. The number of rotatable bonds is 4. The number of hydrogen-bond acceptors (Lipinski definition) is 4. The molecule has 1 aromatic rings. The quantitative estimate of drug-likeness (QED) is 0.838. The van der Waals surface area contributed by atoms with Crippen LogP contribution in [0, 0.1) is 0 Å². The van der Waals surface area contributed by atoms with Crippen molar-refractivity contribution >= 4 is 27.3 Å². The summed E-state index contributed by atoms with van der Waals surface area (Å²) < 4.78 is 29.8. The van der Waals surface area contributed by atoms with Gasteiger partial charge in [-0.3, -0.25) is 4.72 Å². The van der Waals surface area contributed by atoms with Gasteiger partial charge in [-0.1, -0.05) is 11.6 Å². The summed E-state index contributed by atoms with van der Waals surface area (Å²) in [5, 5.41) is 0.242. The van der Waals surface area contributed by atoms with Crippen LogP contribution in [0.3, 0.4) is 0 Å².